The summed E-state index contributed by atoms with van der Waals surface area (Å²) in [5, 5.41) is 0.332. The number of nitrogens with zero attached hydrogens (tertiary/aromatic N) is 1. The second kappa shape index (κ2) is 7.60. The molecule has 7 heteroatoms. The van der Waals surface area contributed by atoms with Crippen LogP contribution in [0.1, 0.15) is 12.0 Å². The molecule has 2 N–H and O–H groups in total. The molecule has 2 aromatic rings. The highest BCUT2D eigenvalue weighted by Crippen LogP contribution is 2.36. The Hall–Kier alpha value is -2.18. The Balaban J connectivity index is 1.79. The molecule has 0 saturated heterocycles. The lowest BCUT2D eigenvalue weighted by Gasteiger charge is -2.27. The van der Waals surface area contributed by atoms with Gasteiger partial charge in [-0.25, -0.2) is 0 Å². The van der Waals surface area contributed by atoms with Gasteiger partial charge < -0.3 is 15.4 Å². The molecule has 1 atom stereocenters. The zero-order chi connectivity index (χ0) is 18.7. The average Bonchev–Trinajstić information content (AvgIpc) is 3.05. The minimum Gasteiger partial charge on any atom is -0.456 e. The second-order valence-corrected chi connectivity index (χ2v) is 6.37. The average molecular weight is 383 g/mol. The molecule has 0 amide bonds. The summed E-state index contributed by atoms with van der Waals surface area (Å²) in [7, 11) is 0. The Morgan fingerprint density at radius 1 is 1.19 bits per heavy atom. The van der Waals surface area contributed by atoms with Crippen molar-refractivity contribution in [3.8, 4) is 11.5 Å². The van der Waals surface area contributed by atoms with Gasteiger partial charge in [0.15, 0.2) is 0 Å². The maximum Gasteiger partial charge on any atom is 0.416 e. The van der Waals surface area contributed by atoms with Crippen molar-refractivity contribution in [2.45, 2.75) is 18.6 Å². The smallest absolute Gasteiger partial charge is 0.416 e. The predicted molar refractivity (Wildman–Crippen MR) is 96.9 cm³/mol. The second-order valence-electron chi connectivity index (χ2n) is 5.97. The third-order valence-corrected chi connectivity index (χ3v) is 4.45. The summed E-state index contributed by atoms with van der Waals surface area (Å²) in [5.41, 5.74) is 5.79. The lowest BCUT2D eigenvalue weighted by atomic mass is 10.2. The fourth-order valence-electron chi connectivity index (χ4n) is 2.90. The maximum atomic E-state index is 12.8. The fourth-order valence-corrected chi connectivity index (χ4v) is 3.12. The van der Waals surface area contributed by atoms with Crippen LogP contribution in [0.15, 0.2) is 54.6 Å². The van der Waals surface area contributed by atoms with E-state index in [2.05, 4.69) is 17.1 Å². The highest BCUT2D eigenvalue weighted by Gasteiger charge is 2.30. The van der Waals surface area contributed by atoms with Gasteiger partial charge in [0, 0.05) is 18.3 Å². The number of rotatable bonds is 5. The van der Waals surface area contributed by atoms with Crippen molar-refractivity contribution in [3.63, 3.8) is 0 Å². The molecule has 1 aliphatic rings. The number of benzene rings is 2. The van der Waals surface area contributed by atoms with Crippen molar-refractivity contribution in [2.24, 2.45) is 5.73 Å². The van der Waals surface area contributed by atoms with E-state index >= 15 is 0 Å². The molecule has 3 rings (SSSR count). The van der Waals surface area contributed by atoms with E-state index in [1.807, 2.05) is 6.07 Å². The Morgan fingerprint density at radius 3 is 2.69 bits per heavy atom. The summed E-state index contributed by atoms with van der Waals surface area (Å²) in [4.78, 5) is 2.16. The van der Waals surface area contributed by atoms with E-state index in [9.17, 15) is 13.2 Å². The van der Waals surface area contributed by atoms with Gasteiger partial charge in [-0.2, -0.15) is 13.2 Å². The van der Waals surface area contributed by atoms with Crippen molar-refractivity contribution >= 4 is 17.3 Å². The van der Waals surface area contributed by atoms with E-state index in [0.717, 1.165) is 30.8 Å². The highest BCUT2D eigenvalue weighted by atomic mass is 35.5. The number of halogens is 4. The normalized spacial score (nSPS) is 17.0. The van der Waals surface area contributed by atoms with E-state index in [1.165, 1.54) is 12.1 Å². The number of anilines is 1. The number of hydrogen-bond acceptors (Lipinski definition) is 3. The third-order valence-electron chi connectivity index (χ3n) is 4.16. The number of hydrogen-bond donors (Lipinski definition) is 1. The number of ether oxygens (including phenoxy) is 1. The van der Waals surface area contributed by atoms with E-state index in [4.69, 9.17) is 22.1 Å². The number of alkyl halides is 3. The monoisotopic (exact) mass is 382 g/mol. The zero-order valence-corrected chi connectivity index (χ0v) is 14.6. The highest BCUT2D eigenvalue weighted by molar-refractivity contribution is 6.32. The van der Waals surface area contributed by atoms with Gasteiger partial charge in [0.25, 0.3) is 0 Å². The van der Waals surface area contributed by atoms with Gasteiger partial charge in [0.1, 0.15) is 11.5 Å². The molecule has 2 aromatic carbocycles. The molecule has 0 spiro atoms. The molecule has 1 unspecified atom stereocenters. The van der Waals surface area contributed by atoms with Gasteiger partial charge >= 0.3 is 6.18 Å². The minimum absolute atomic E-state index is 0.0818. The Bertz CT molecular complexity index is 808. The van der Waals surface area contributed by atoms with Crippen molar-refractivity contribution < 1.29 is 17.9 Å². The minimum atomic E-state index is -4.42. The molecule has 3 nitrogen and oxygen atoms in total. The first kappa shape index (κ1) is 18.6. The molecule has 0 fully saturated rings. The molecule has 138 valence electrons. The van der Waals surface area contributed by atoms with Gasteiger partial charge in [-0.15, -0.1) is 0 Å². The summed E-state index contributed by atoms with van der Waals surface area (Å²) >= 11 is 6.29. The molecule has 0 aromatic heterocycles. The van der Waals surface area contributed by atoms with E-state index in [-0.39, 0.29) is 11.8 Å². The van der Waals surface area contributed by atoms with Gasteiger partial charge in [0.2, 0.25) is 0 Å². The Labute approximate surface area is 154 Å². The molecule has 0 aliphatic carbocycles. The molecule has 1 heterocycles. The SMILES string of the molecule is NCCC1C=CCN1c1ccc(Oc2cccc(C(F)(F)F)c2)c(Cl)c1. The Morgan fingerprint density at radius 2 is 2.00 bits per heavy atom. The van der Waals surface area contributed by atoms with Crippen molar-refractivity contribution in [3.05, 3.63) is 65.2 Å². The van der Waals surface area contributed by atoms with Crippen molar-refractivity contribution in [1.29, 1.82) is 0 Å². The summed E-state index contributed by atoms with van der Waals surface area (Å²) in [6.07, 6.45) is 0.583. The summed E-state index contributed by atoms with van der Waals surface area (Å²) in [6.45, 7) is 1.34. The quantitative estimate of drug-likeness (QED) is 0.718. The maximum absolute atomic E-state index is 12.8. The van der Waals surface area contributed by atoms with Crippen LogP contribution in [0.25, 0.3) is 0 Å². The molecule has 0 bridgehead atoms. The largest absolute Gasteiger partial charge is 0.456 e. The Kier molecular flexibility index (Phi) is 5.44. The van der Waals surface area contributed by atoms with E-state index < -0.39 is 11.7 Å². The summed E-state index contributed by atoms with van der Waals surface area (Å²) in [5.74, 6) is 0.385. The van der Waals surface area contributed by atoms with Crippen LogP contribution in [0.3, 0.4) is 0 Å². The van der Waals surface area contributed by atoms with E-state index in [1.54, 1.807) is 12.1 Å². The van der Waals surface area contributed by atoms with Crippen LogP contribution >= 0.6 is 11.6 Å². The molecule has 0 radical (unpaired) electrons. The fraction of sp³-hybridized carbons (Fsp3) is 0.263. The van der Waals surface area contributed by atoms with Crippen LogP contribution in [0.2, 0.25) is 5.02 Å². The first-order chi connectivity index (χ1) is 12.4. The van der Waals surface area contributed by atoms with Crippen molar-refractivity contribution in [2.75, 3.05) is 18.0 Å². The van der Waals surface area contributed by atoms with Gasteiger partial charge in [-0.3, -0.25) is 0 Å². The first-order valence-electron chi connectivity index (χ1n) is 8.16. The third kappa shape index (κ3) is 4.14. The van der Waals surface area contributed by atoms with Crippen LogP contribution in [0, 0.1) is 0 Å². The topological polar surface area (TPSA) is 38.5 Å². The van der Waals surface area contributed by atoms with Crippen LogP contribution in [0.5, 0.6) is 11.5 Å². The predicted octanol–water partition coefficient (Wildman–Crippen LogP) is 5.24. The molecule has 1 aliphatic heterocycles. The zero-order valence-electron chi connectivity index (χ0n) is 13.8. The van der Waals surface area contributed by atoms with Gasteiger partial charge in [0.05, 0.1) is 10.6 Å². The summed E-state index contributed by atoms with van der Waals surface area (Å²) < 4.78 is 44.0. The van der Waals surface area contributed by atoms with Gasteiger partial charge in [-0.1, -0.05) is 29.8 Å². The lowest BCUT2D eigenvalue weighted by molar-refractivity contribution is -0.137. The van der Waals surface area contributed by atoms with Crippen LogP contribution < -0.4 is 15.4 Å². The van der Waals surface area contributed by atoms with Crippen molar-refractivity contribution in [1.82, 2.24) is 0 Å². The van der Waals surface area contributed by atoms with Crippen LogP contribution in [-0.2, 0) is 6.18 Å². The molecule has 0 saturated carbocycles. The van der Waals surface area contributed by atoms with Crippen LogP contribution in [0.4, 0.5) is 18.9 Å². The van der Waals surface area contributed by atoms with E-state index in [0.29, 0.717) is 17.3 Å². The van der Waals surface area contributed by atoms with Gasteiger partial charge in [-0.05, 0) is 49.4 Å². The number of nitrogens with two attached hydrogens (primary N) is 1. The molecule has 26 heavy (non-hydrogen) atoms. The standard InChI is InChI=1S/C19H18ClF3N2O/c20-17-12-15(25-10-2-4-14(25)8-9-24)6-7-18(17)26-16-5-1-3-13(11-16)19(21,22)23/h1-7,11-12,14H,8-10,24H2. The lowest BCUT2D eigenvalue weighted by Crippen LogP contribution is -2.31. The first-order valence-corrected chi connectivity index (χ1v) is 8.54. The molecular formula is C19H18ClF3N2O. The van der Waals surface area contributed by atoms with Crippen LogP contribution in [-0.4, -0.2) is 19.1 Å². The molecular weight excluding hydrogens is 365 g/mol. The summed E-state index contributed by atoms with van der Waals surface area (Å²) in [6, 6.07) is 10.2.